The van der Waals surface area contributed by atoms with E-state index in [1.807, 2.05) is 0 Å². The fourth-order valence-corrected chi connectivity index (χ4v) is 2.50. The number of carbonyl (C=O) groups excluding carboxylic acids is 2. The maximum absolute atomic E-state index is 11.9. The van der Waals surface area contributed by atoms with Crippen molar-refractivity contribution in [2.45, 2.75) is 20.1 Å². The van der Waals surface area contributed by atoms with Crippen LogP contribution in [0.1, 0.15) is 31.2 Å². The minimum Gasteiger partial charge on any atom is -0.446 e. The van der Waals surface area contributed by atoms with Crippen LogP contribution in [0.2, 0.25) is 5.02 Å². The third-order valence-corrected chi connectivity index (χ3v) is 3.60. The largest absolute Gasteiger partial charge is 0.446 e. The number of benzene rings is 1. The lowest BCUT2D eigenvalue weighted by Gasteiger charge is -2.18. The Bertz CT molecular complexity index is 854. The molecule has 0 bridgehead atoms. The highest BCUT2D eigenvalue weighted by Crippen LogP contribution is 2.33. The van der Waals surface area contributed by atoms with Gasteiger partial charge in [-0.1, -0.05) is 17.7 Å². The zero-order valence-corrected chi connectivity index (χ0v) is 14.2. The lowest BCUT2D eigenvalue weighted by atomic mass is 10.2. The van der Waals surface area contributed by atoms with Crippen LogP contribution in [-0.2, 0) is 14.3 Å². The minimum absolute atomic E-state index is 0.128. The van der Waals surface area contributed by atoms with Gasteiger partial charge in [0.1, 0.15) is 5.75 Å². The second-order valence-corrected chi connectivity index (χ2v) is 5.70. The van der Waals surface area contributed by atoms with Gasteiger partial charge in [0, 0.05) is 36.8 Å². The summed E-state index contributed by atoms with van der Waals surface area (Å²) in [5.41, 5.74) is 1.04. The monoisotopic (exact) mass is 359 g/mol. The van der Waals surface area contributed by atoms with Gasteiger partial charge in [-0.3, -0.25) is 14.6 Å². The molecule has 8 heteroatoms. The average molecular weight is 360 g/mol. The summed E-state index contributed by atoms with van der Waals surface area (Å²) in [6.45, 7) is 2.67. The van der Waals surface area contributed by atoms with Crippen molar-refractivity contribution >= 4 is 29.4 Å². The van der Waals surface area contributed by atoms with Gasteiger partial charge in [0.25, 0.3) is 0 Å². The van der Waals surface area contributed by atoms with Crippen LogP contribution >= 0.6 is 11.6 Å². The van der Waals surface area contributed by atoms with E-state index in [-0.39, 0.29) is 17.6 Å². The van der Waals surface area contributed by atoms with Gasteiger partial charge in [0.15, 0.2) is 0 Å². The molecule has 2 aromatic rings. The number of aromatic nitrogens is 1. The van der Waals surface area contributed by atoms with Gasteiger partial charge >= 0.3 is 5.97 Å². The summed E-state index contributed by atoms with van der Waals surface area (Å²) in [6.07, 6.45) is 2.45. The van der Waals surface area contributed by atoms with Crippen LogP contribution in [0.4, 0.5) is 0 Å². The normalized spacial score (nSPS) is 16.2. The summed E-state index contributed by atoms with van der Waals surface area (Å²) in [7, 11) is 0. The molecule has 2 heterocycles. The Kier molecular flexibility index (Phi) is 4.67. The number of amides is 1. The fraction of sp³-hybridized carbons (Fsp3) is 0.176. The van der Waals surface area contributed by atoms with Gasteiger partial charge in [-0.05, 0) is 24.3 Å². The molecule has 7 nitrogen and oxygen atoms in total. The maximum Gasteiger partial charge on any atom is 0.308 e. The van der Waals surface area contributed by atoms with Crippen molar-refractivity contribution < 1.29 is 19.1 Å². The number of esters is 1. The van der Waals surface area contributed by atoms with Gasteiger partial charge in [-0.15, -0.1) is 5.10 Å². The van der Waals surface area contributed by atoms with Crippen molar-refractivity contribution in [3.05, 3.63) is 58.9 Å². The molecule has 1 unspecified atom stereocenters. The Labute approximate surface area is 148 Å². The first kappa shape index (κ1) is 16.9. The lowest BCUT2D eigenvalue weighted by molar-refractivity contribution is -0.135. The Hall–Kier alpha value is -2.93. The summed E-state index contributed by atoms with van der Waals surface area (Å²) >= 11 is 6.04. The van der Waals surface area contributed by atoms with E-state index in [4.69, 9.17) is 21.1 Å². The zero-order chi connectivity index (χ0) is 18.0. The molecular formula is C17H14ClN3O4. The second kappa shape index (κ2) is 6.90. The highest BCUT2D eigenvalue weighted by molar-refractivity contribution is 6.31. The molecule has 1 aromatic heterocycles. The molecule has 1 aromatic carbocycles. The second-order valence-electron chi connectivity index (χ2n) is 5.26. The molecule has 1 aliphatic heterocycles. The number of rotatable bonds is 3. The predicted molar refractivity (Wildman–Crippen MR) is 89.9 cm³/mol. The SMILES string of the molecule is CC(=O)Oc1ccc(Cl)cc1C1=NN(C(C)=O)C(c2cccnc2)O1. The number of halogens is 1. The molecule has 1 atom stereocenters. The van der Waals surface area contributed by atoms with Gasteiger partial charge in [-0.25, -0.2) is 0 Å². The molecule has 0 saturated carbocycles. The lowest BCUT2D eigenvalue weighted by Crippen LogP contribution is -2.25. The third-order valence-electron chi connectivity index (χ3n) is 3.36. The molecule has 0 fully saturated rings. The van der Waals surface area contributed by atoms with E-state index in [9.17, 15) is 9.59 Å². The molecule has 128 valence electrons. The maximum atomic E-state index is 11.9. The summed E-state index contributed by atoms with van der Waals surface area (Å²) in [5, 5.41) is 5.84. The van der Waals surface area contributed by atoms with Crippen LogP contribution in [0.3, 0.4) is 0 Å². The first-order valence-corrected chi connectivity index (χ1v) is 7.77. The highest BCUT2D eigenvalue weighted by atomic mass is 35.5. The number of pyridine rings is 1. The first-order chi connectivity index (χ1) is 12.0. The van der Waals surface area contributed by atoms with E-state index in [0.29, 0.717) is 16.1 Å². The molecule has 25 heavy (non-hydrogen) atoms. The molecule has 0 saturated heterocycles. The van der Waals surface area contributed by atoms with Crippen molar-refractivity contribution in [1.82, 2.24) is 9.99 Å². The Morgan fingerprint density at radius 3 is 2.72 bits per heavy atom. The standard InChI is InChI=1S/C17H14ClN3O4/c1-10(22)21-17(12-4-3-7-19-9-12)25-16(20-21)14-8-13(18)5-6-15(14)24-11(2)23/h3-9,17H,1-2H3. The number of hydrogen-bond donors (Lipinski definition) is 0. The van der Waals surface area contributed by atoms with Crippen LogP contribution in [0.5, 0.6) is 5.75 Å². The number of nitrogens with zero attached hydrogens (tertiary/aromatic N) is 3. The van der Waals surface area contributed by atoms with Crippen molar-refractivity contribution in [1.29, 1.82) is 0 Å². The average Bonchev–Trinajstić information content (AvgIpc) is 3.02. The number of hydrogen-bond acceptors (Lipinski definition) is 6. The van der Waals surface area contributed by atoms with Gasteiger partial charge in [0.05, 0.1) is 5.56 Å². The minimum atomic E-state index is -0.759. The zero-order valence-electron chi connectivity index (χ0n) is 13.5. The van der Waals surface area contributed by atoms with Crippen molar-refractivity contribution in [3.8, 4) is 5.75 Å². The van der Waals surface area contributed by atoms with E-state index < -0.39 is 12.2 Å². The van der Waals surface area contributed by atoms with E-state index >= 15 is 0 Å². The van der Waals surface area contributed by atoms with Crippen LogP contribution in [0, 0.1) is 0 Å². The number of hydrazone groups is 1. The molecule has 0 aliphatic carbocycles. The molecule has 1 aliphatic rings. The highest BCUT2D eigenvalue weighted by Gasteiger charge is 2.34. The molecule has 1 amide bonds. The van der Waals surface area contributed by atoms with Gasteiger partial charge in [0.2, 0.25) is 18.0 Å². The topological polar surface area (TPSA) is 81.1 Å². The van der Waals surface area contributed by atoms with E-state index in [1.54, 1.807) is 42.7 Å². The van der Waals surface area contributed by atoms with Crippen molar-refractivity contribution in [2.24, 2.45) is 5.10 Å². The number of ether oxygens (including phenoxy) is 2. The van der Waals surface area contributed by atoms with E-state index in [2.05, 4.69) is 10.1 Å². The van der Waals surface area contributed by atoms with Crippen LogP contribution < -0.4 is 4.74 Å². The molecule has 0 N–H and O–H groups in total. The molecule has 0 spiro atoms. The van der Waals surface area contributed by atoms with Gasteiger partial charge in [-0.2, -0.15) is 5.01 Å². The quantitative estimate of drug-likeness (QED) is 0.621. The molecular weight excluding hydrogens is 346 g/mol. The Balaban J connectivity index is 2.01. The Morgan fingerprint density at radius 1 is 1.28 bits per heavy atom. The van der Waals surface area contributed by atoms with E-state index in [1.165, 1.54) is 18.9 Å². The first-order valence-electron chi connectivity index (χ1n) is 7.39. The summed E-state index contributed by atoms with van der Waals surface area (Å²) < 4.78 is 11.0. The van der Waals surface area contributed by atoms with Crippen LogP contribution in [0.15, 0.2) is 47.8 Å². The van der Waals surface area contributed by atoms with Crippen molar-refractivity contribution in [3.63, 3.8) is 0 Å². The smallest absolute Gasteiger partial charge is 0.308 e. The fourth-order valence-electron chi connectivity index (χ4n) is 2.33. The van der Waals surface area contributed by atoms with Crippen molar-refractivity contribution in [2.75, 3.05) is 0 Å². The predicted octanol–water partition coefficient (Wildman–Crippen LogP) is 2.90. The van der Waals surface area contributed by atoms with Gasteiger partial charge < -0.3 is 9.47 Å². The summed E-state index contributed by atoms with van der Waals surface area (Å²) in [6, 6.07) is 8.19. The summed E-state index contributed by atoms with van der Waals surface area (Å²) in [5.74, 6) is -0.428. The Morgan fingerprint density at radius 2 is 2.08 bits per heavy atom. The molecule has 3 rings (SSSR count). The third kappa shape index (κ3) is 3.61. The number of carbonyl (C=O) groups is 2. The van der Waals surface area contributed by atoms with E-state index in [0.717, 1.165) is 0 Å². The summed E-state index contributed by atoms with van der Waals surface area (Å²) in [4.78, 5) is 27.3. The van der Waals surface area contributed by atoms with Crippen LogP contribution in [-0.4, -0.2) is 27.8 Å². The van der Waals surface area contributed by atoms with Crippen LogP contribution in [0.25, 0.3) is 0 Å². The molecule has 0 radical (unpaired) electrons.